The lowest BCUT2D eigenvalue weighted by atomic mass is 9.83. The smallest absolute Gasteiger partial charge is 0.409 e. The average Bonchev–Trinajstić information content (AvgIpc) is 1.54. The fraction of sp³-hybridized carbons (Fsp3) is 0.530. The summed E-state index contributed by atoms with van der Waals surface area (Å²) in [6, 6.07) is -2.68. The van der Waals surface area contributed by atoms with E-state index in [0.29, 0.717) is 23.1 Å². The van der Waals surface area contributed by atoms with Gasteiger partial charge in [0.05, 0.1) is 31.6 Å². The van der Waals surface area contributed by atoms with Crippen LogP contribution in [0, 0.1) is 5.41 Å². The number of amides is 18. The van der Waals surface area contributed by atoms with Gasteiger partial charge >= 0.3 is 24.0 Å². The number of nitrogens with one attached hydrogen (secondary N) is 15. The van der Waals surface area contributed by atoms with Crippen molar-refractivity contribution in [3.8, 4) is 0 Å². The first kappa shape index (κ1) is 114. The Kier molecular flexibility index (Phi) is 40.7. The van der Waals surface area contributed by atoms with E-state index in [-0.39, 0.29) is 159 Å². The van der Waals surface area contributed by atoms with E-state index in [9.17, 15) is 72.9 Å². The number of cyclic esters (lactones) is 1. The molecule has 8 heterocycles. The van der Waals surface area contributed by atoms with E-state index in [1.54, 1.807) is 90.2 Å². The maximum atomic E-state index is 16.1. The number of carboxylic acid groups (broad SMARTS) is 3. The molecule has 790 valence electrons. The Morgan fingerprint density at radius 3 is 1.71 bits per heavy atom. The molecule has 5 aliphatic heterocycles. The second kappa shape index (κ2) is 52.1. The van der Waals surface area contributed by atoms with E-state index in [0.717, 1.165) is 15.0 Å². The number of benzene rings is 2. The number of rotatable bonds is 17. The monoisotopic (exact) mass is 2080 g/mol. The van der Waals surface area contributed by atoms with Gasteiger partial charge in [0.1, 0.15) is 88.6 Å². The minimum Gasteiger partial charge on any atom is -0.481 e. The third-order valence-electron chi connectivity index (χ3n) is 26.2. The van der Waals surface area contributed by atoms with E-state index in [1.165, 1.54) is 97.8 Å². The number of likely N-dealkylation sites (tertiary alicyclic amines) is 1. The molecular formula is C100H132N18O25S3. The number of carbonyl (C=O) groups is 21. The fourth-order valence-electron chi connectivity index (χ4n) is 18.1. The minimum absolute atomic E-state index is 0.00142. The lowest BCUT2D eigenvalue weighted by Crippen LogP contribution is -2.66. The summed E-state index contributed by atoms with van der Waals surface area (Å²) < 4.78 is 6.71. The predicted octanol–water partition coefficient (Wildman–Crippen LogP) is 2.80. The van der Waals surface area contributed by atoms with Crippen molar-refractivity contribution in [2.24, 2.45) is 11.1 Å². The van der Waals surface area contributed by atoms with Gasteiger partial charge in [0.15, 0.2) is 0 Å². The summed E-state index contributed by atoms with van der Waals surface area (Å²) >= 11 is 3.84. The molecule has 0 unspecified atom stereocenters. The second-order valence-corrected chi connectivity index (χ2v) is 41.9. The third-order valence-corrected chi connectivity index (χ3v) is 28.7. The number of aliphatic carboxylic acids is 2. The molecule has 0 aliphatic carbocycles. The maximum Gasteiger partial charge on any atom is 0.409 e. The highest BCUT2D eigenvalue weighted by atomic mass is 32.1. The molecule has 43 nitrogen and oxygen atoms in total. The molecule has 10 rings (SSSR count). The molecule has 14 atom stereocenters. The highest BCUT2D eigenvalue weighted by molar-refractivity contribution is 7.17. The molecule has 3 aromatic heterocycles. The van der Waals surface area contributed by atoms with Crippen LogP contribution < -0.4 is 85.5 Å². The third kappa shape index (κ3) is 32.2. The van der Waals surface area contributed by atoms with Crippen molar-refractivity contribution in [3.63, 3.8) is 0 Å². The van der Waals surface area contributed by atoms with Gasteiger partial charge in [-0.05, 0) is 227 Å². The Morgan fingerprint density at radius 1 is 0.534 bits per heavy atom. The topological polar surface area (TPSA) is 641 Å². The van der Waals surface area contributed by atoms with Crippen LogP contribution in [0.25, 0.3) is 10.1 Å². The normalized spacial score (nSPS) is 26.8. The van der Waals surface area contributed by atoms with Crippen LogP contribution in [0.5, 0.6) is 0 Å². The Hall–Kier alpha value is -14.0. The lowest BCUT2D eigenvalue weighted by molar-refractivity contribution is -0.146. The first-order valence-electron chi connectivity index (χ1n) is 48.8. The molecule has 3 fully saturated rings. The van der Waals surface area contributed by atoms with Gasteiger partial charge < -0.3 is 115 Å². The van der Waals surface area contributed by atoms with Gasteiger partial charge in [-0.3, -0.25) is 91.1 Å². The number of hydrogen-bond acceptors (Lipinski definition) is 25. The number of ether oxygens (including phenoxy) is 1. The molecule has 3 bridgehead atoms. The first-order valence-corrected chi connectivity index (χ1v) is 51.5. The van der Waals surface area contributed by atoms with Crippen LogP contribution in [0.1, 0.15) is 216 Å². The molecule has 0 radical (unpaired) electrons. The average molecular weight is 2080 g/mol. The van der Waals surface area contributed by atoms with Gasteiger partial charge in [-0.15, -0.1) is 11.3 Å². The van der Waals surface area contributed by atoms with Crippen molar-refractivity contribution in [2.45, 2.75) is 298 Å². The summed E-state index contributed by atoms with van der Waals surface area (Å²) in [5, 5.41) is 80.5. The molecule has 0 saturated carbocycles. The second-order valence-electron chi connectivity index (χ2n) is 39.4. The number of primary amides is 1. The summed E-state index contributed by atoms with van der Waals surface area (Å²) in [4.78, 5) is 308. The zero-order chi connectivity index (χ0) is 107. The number of carboxylic acids is 3. The predicted molar refractivity (Wildman–Crippen MR) is 536 cm³/mol. The summed E-state index contributed by atoms with van der Waals surface area (Å²) in [5.74, 6) is -21.3. The largest absolute Gasteiger partial charge is 0.481 e. The van der Waals surface area contributed by atoms with Crippen molar-refractivity contribution < 1.29 is 121 Å². The standard InChI is InChI=1S/C100H132N18O25S3/c1-57(79(101)125)103-81(127)67-30-31-76(120)102-39-21-17-28-66-87(133)116-99(93(140)111-69(48-62-33-44-145-54-62)83(129)109-71(84(130)106-67)49-64-55-146-75-29-16-15-27-65(64)75)38-41-117(56-99)95(142)143-42-22-14-10-9-11-18-34-98(35-19-12-13-20-36-100(37-24-40-118(100)59(3)119)94(141)113-73(51-78(123)124)86(132)110-74(89(135)115-98)52-96(4,5)6)92(139)112-72(50-77(121)122)85(131)108-70(46-60-25-23-26-63(45-60)90(136)137)88(134)114-97(7,8)91(138)104-58(2)80(126)107-68(82(128)105-66)47-61-32-43-144-53-61/h9-10,13,15-16,20,23,25-27,29,32-33,43-45,53-55,57-58,66-74H,11-12,14,17-19,21-22,24,28,30-31,34-42,46-52,56H2,1-8H3,(H2,101,125)(H,102,120)(H,103,127)(H,104,138)(H,105,128)(H,106,130)(H,107,126)(H,108,131)(H,109,129)(H,110,132)(H,111,140)(H,112,139)(H,113,141)(H,114,134)(H,115,135)(H,116,133)(H,121,122)(H,123,124)(H,136,137)/b10-9-,20-13-/t57-,58-,66-,67-,68-,69-,70-,71-,72-,73-,74-,98-,99-,100-/m0/s1. The summed E-state index contributed by atoms with van der Waals surface area (Å²) in [6.45, 7) is 10.2. The highest BCUT2D eigenvalue weighted by Gasteiger charge is 2.53. The number of allylic oxidation sites excluding steroid dienone is 3. The Balaban J connectivity index is 1.04. The van der Waals surface area contributed by atoms with Crippen molar-refractivity contribution >= 4 is 169 Å². The van der Waals surface area contributed by atoms with Crippen LogP contribution in [0.15, 0.2) is 112 Å². The van der Waals surface area contributed by atoms with Gasteiger partial charge in [0, 0.05) is 63.4 Å². The summed E-state index contributed by atoms with van der Waals surface area (Å²) in [5.41, 5.74) is -2.06. The zero-order valence-corrected chi connectivity index (χ0v) is 85.3. The number of thiophene rings is 3. The Labute approximate surface area is 855 Å². The molecule has 46 heteroatoms. The molecule has 146 heavy (non-hydrogen) atoms. The SMILES string of the molecule is CC(=O)N1CCC[C@]12C/C=C\CCC[C@]1(CCC/C=C\CCCOC(=O)N3CC[C@@]4(C3)NC(=O)[C@H](CCCCNC(=O)CC[C@@H](C(=O)N[C@@H](C)C(N)=O)NC(=O)[C@H](Cc3csc5ccccc35)NC(=O)[C@H](Cc3ccsc3)NC4=O)NC(=O)[C@H](Cc3ccsc3)NC(=O)[C@H](C)NC(=O)C(C)(C)NC(=O)[C@H](Cc3cccc(C(=O)O)c3)NC(=O)[C@H](CC(=O)O)NC1=O)NC(=O)[C@H](CC(C)(C)C)NC(=O)[C@H](CC(=O)O)NC2=O. The van der Waals surface area contributed by atoms with Crippen LogP contribution in [0.2, 0.25) is 0 Å². The number of nitrogens with two attached hydrogens (primary N) is 1. The van der Waals surface area contributed by atoms with Crippen LogP contribution in [0.4, 0.5) is 4.79 Å². The van der Waals surface area contributed by atoms with Crippen molar-refractivity contribution in [2.75, 3.05) is 32.8 Å². The van der Waals surface area contributed by atoms with Gasteiger partial charge in [-0.25, -0.2) is 9.59 Å². The van der Waals surface area contributed by atoms with Gasteiger partial charge in [0.2, 0.25) is 100 Å². The highest BCUT2D eigenvalue weighted by Crippen LogP contribution is 2.36. The number of fused-ring (bicyclic) bond motifs is 4. The lowest BCUT2D eigenvalue weighted by Gasteiger charge is -2.38. The zero-order valence-electron chi connectivity index (χ0n) is 82.8. The Morgan fingerprint density at radius 2 is 1.09 bits per heavy atom. The number of hydrogen-bond donors (Lipinski definition) is 19. The van der Waals surface area contributed by atoms with Crippen molar-refractivity contribution in [3.05, 3.63) is 140 Å². The van der Waals surface area contributed by atoms with Crippen LogP contribution in [-0.4, -0.2) is 271 Å². The van der Waals surface area contributed by atoms with Crippen molar-refractivity contribution in [1.82, 2.24) is 89.6 Å². The Bertz CT molecular complexity index is 5700. The number of carbonyl (C=O) groups excluding carboxylic acids is 18. The first-order chi connectivity index (χ1) is 69.2. The maximum absolute atomic E-state index is 16.1. The number of nitrogens with zero attached hydrogens (tertiary/aromatic N) is 2. The quantitative estimate of drug-likeness (QED) is 0.0595. The molecule has 5 aromatic rings. The molecule has 5 aliphatic rings. The molecule has 20 N–H and O–H groups in total. The van der Waals surface area contributed by atoms with E-state index >= 15 is 43.2 Å². The molecule has 18 amide bonds. The molecular weight excluding hydrogens is 1950 g/mol. The summed E-state index contributed by atoms with van der Waals surface area (Å²) in [7, 11) is 0. The number of aromatic carboxylic acids is 1. The molecule has 3 spiro atoms. The van der Waals surface area contributed by atoms with Crippen LogP contribution in [0.3, 0.4) is 0 Å². The van der Waals surface area contributed by atoms with E-state index < -0.39 is 251 Å². The summed E-state index contributed by atoms with van der Waals surface area (Å²) in [6.07, 6.45) is 0.897. The van der Waals surface area contributed by atoms with Gasteiger partial charge in [0.25, 0.3) is 0 Å². The molecule has 3 saturated heterocycles. The van der Waals surface area contributed by atoms with Crippen LogP contribution in [-0.2, 0) is 122 Å². The van der Waals surface area contributed by atoms with E-state index in [4.69, 9.17) is 10.5 Å². The van der Waals surface area contributed by atoms with E-state index in [1.807, 2.05) is 18.2 Å². The molecule has 2 aromatic carbocycles. The fourth-order valence-corrected chi connectivity index (χ4v) is 20.5. The van der Waals surface area contributed by atoms with Crippen molar-refractivity contribution in [1.29, 1.82) is 0 Å². The van der Waals surface area contributed by atoms with Gasteiger partial charge in [-0.2, -0.15) is 22.7 Å². The minimum atomic E-state index is -2.22. The van der Waals surface area contributed by atoms with Gasteiger partial charge in [-0.1, -0.05) is 75.4 Å². The van der Waals surface area contributed by atoms with Crippen LogP contribution >= 0.6 is 34.0 Å². The van der Waals surface area contributed by atoms with E-state index in [2.05, 4.69) is 79.8 Å².